The van der Waals surface area contributed by atoms with E-state index in [4.69, 9.17) is 12.2 Å². The number of aromatic nitrogens is 2. The van der Waals surface area contributed by atoms with Crippen molar-refractivity contribution < 1.29 is 14.3 Å². The van der Waals surface area contributed by atoms with Gasteiger partial charge in [0.1, 0.15) is 5.82 Å². The average Bonchev–Trinajstić information content (AvgIpc) is 3.36. The van der Waals surface area contributed by atoms with Crippen molar-refractivity contribution in [2.45, 2.75) is 32.9 Å². The molecule has 1 aliphatic rings. The van der Waals surface area contributed by atoms with Crippen molar-refractivity contribution in [1.82, 2.24) is 14.9 Å². The van der Waals surface area contributed by atoms with Crippen LogP contribution in [0.3, 0.4) is 0 Å². The van der Waals surface area contributed by atoms with Crippen LogP contribution < -0.4 is 10.2 Å². The minimum atomic E-state index is -0.988. The van der Waals surface area contributed by atoms with E-state index in [1.54, 1.807) is 37.4 Å². The summed E-state index contributed by atoms with van der Waals surface area (Å²) in [5, 5.41) is 13.7. The Morgan fingerprint density at radius 3 is 2.50 bits per heavy atom. The number of hydrogen-bond donors (Lipinski definition) is 2. The maximum absolute atomic E-state index is 14.1. The van der Waals surface area contributed by atoms with E-state index in [0.29, 0.717) is 16.4 Å². The van der Waals surface area contributed by atoms with Crippen molar-refractivity contribution in [1.29, 1.82) is 0 Å². The van der Waals surface area contributed by atoms with E-state index in [1.807, 2.05) is 53.6 Å². The number of nitrogens with one attached hydrogen (secondary N) is 1. The first kappa shape index (κ1) is 23.7. The summed E-state index contributed by atoms with van der Waals surface area (Å²) in [5.41, 5.74) is 5.68. The highest BCUT2D eigenvalue weighted by atomic mass is 32.1. The standard InChI is InChI=1S/C28H25FN4O2S/c1-16-14-19(11-12-22(16)29)33-26(25(31-28(33)36)23-9-6-7-13-30-23)21-15-17(2)32(18(21)3)24-10-5-4-8-20(24)27(34)35/h4-15,25-26H,1-3H3,(H,31,36)(H,34,35). The maximum atomic E-state index is 14.1. The highest BCUT2D eigenvalue weighted by Crippen LogP contribution is 2.44. The van der Waals surface area contributed by atoms with Gasteiger partial charge in [0.2, 0.25) is 0 Å². The summed E-state index contributed by atoms with van der Waals surface area (Å²) in [6.45, 7) is 5.66. The van der Waals surface area contributed by atoms with E-state index >= 15 is 0 Å². The molecule has 0 saturated carbocycles. The van der Waals surface area contributed by atoms with Crippen LogP contribution in [0.2, 0.25) is 0 Å². The molecule has 4 aromatic rings. The average molecular weight is 501 g/mol. The summed E-state index contributed by atoms with van der Waals surface area (Å²) in [4.78, 5) is 18.6. The second kappa shape index (κ2) is 9.20. The second-order valence-corrected chi connectivity index (χ2v) is 9.30. The largest absolute Gasteiger partial charge is 0.478 e. The summed E-state index contributed by atoms with van der Waals surface area (Å²) in [6.07, 6.45) is 1.74. The molecule has 1 aliphatic heterocycles. The summed E-state index contributed by atoms with van der Waals surface area (Å²) in [6, 6.07) is 19.2. The second-order valence-electron chi connectivity index (χ2n) is 8.91. The van der Waals surface area contributed by atoms with Crippen molar-refractivity contribution in [2.75, 3.05) is 4.90 Å². The van der Waals surface area contributed by atoms with Crippen molar-refractivity contribution in [3.63, 3.8) is 0 Å². The van der Waals surface area contributed by atoms with Gasteiger partial charge in [-0.15, -0.1) is 0 Å². The molecule has 0 aliphatic carbocycles. The fourth-order valence-corrected chi connectivity index (χ4v) is 5.38. The monoisotopic (exact) mass is 500 g/mol. The van der Waals surface area contributed by atoms with E-state index in [-0.39, 0.29) is 23.5 Å². The number of aryl methyl sites for hydroxylation is 2. The lowest BCUT2D eigenvalue weighted by molar-refractivity contribution is 0.0697. The van der Waals surface area contributed by atoms with Gasteiger partial charge >= 0.3 is 5.97 Å². The number of thiocarbonyl (C=S) groups is 1. The fraction of sp³-hybridized carbons (Fsp3) is 0.179. The van der Waals surface area contributed by atoms with Crippen molar-refractivity contribution >= 4 is 29.0 Å². The number of rotatable bonds is 5. The van der Waals surface area contributed by atoms with Gasteiger partial charge in [-0.3, -0.25) is 4.98 Å². The molecule has 2 unspecified atom stereocenters. The number of benzene rings is 2. The maximum Gasteiger partial charge on any atom is 0.337 e. The zero-order valence-corrected chi connectivity index (χ0v) is 20.9. The zero-order chi connectivity index (χ0) is 25.6. The molecular weight excluding hydrogens is 475 g/mol. The molecule has 2 aromatic carbocycles. The smallest absolute Gasteiger partial charge is 0.337 e. The van der Waals surface area contributed by atoms with E-state index in [2.05, 4.69) is 16.4 Å². The number of carboxylic acid groups (broad SMARTS) is 1. The number of carboxylic acids is 1. The number of nitrogens with zero attached hydrogens (tertiary/aromatic N) is 3. The highest BCUT2D eigenvalue weighted by molar-refractivity contribution is 7.80. The van der Waals surface area contributed by atoms with Crippen molar-refractivity contribution in [3.05, 3.63) is 113 Å². The Labute approximate surface area is 214 Å². The molecule has 2 N–H and O–H groups in total. The van der Waals surface area contributed by atoms with Gasteiger partial charge in [-0.1, -0.05) is 18.2 Å². The Kier molecular flexibility index (Phi) is 6.05. The third-order valence-corrected chi connectivity index (χ3v) is 7.00. The van der Waals surface area contributed by atoms with Gasteiger partial charge in [0.25, 0.3) is 0 Å². The van der Waals surface area contributed by atoms with E-state index in [0.717, 1.165) is 28.3 Å². The lowest BCUT2D eigenvalue weighted by Crippen LogP contribution is -2.29. The molecule has 8 heteroatoms. The van der Waals surface area contributed by atoms with E-state index in [9.17, 15) is 14.3 Å². The fourth-order valence-electron chi connectivity index (χ4n) is 5.03. The lowest BCUT2D eigenvalue weighted by atomic mass is 9.96. The van der Waals surface area contributed by atoms with Gasteiger partial charge in [-0.05, 0) is 92.6 Å². The predicted molar refractivity (Wildman–Crippen MR) is 141 cm³/mol. The number of para-hydroxylation sites is 1. The molecule has 2 atom stereocenters. The number of halogens is 1. The minimum Gasteiger partial charge on any atom is -0.478 e. The van der Waals surface area contributed by atoms with Crippen LogP contribution in [0.15, 0.2) is 72.9 Å². The predicted octanol–water partition coefficient (Wildman–Crippen LogP) is 5.81. The summed E-state index contributed by atoms with van der Waals surface area (Å²) in [5.74, 6) is -1.27. The molecule has 182 valence electrons. The summed E-state index contributed by atoms with van der Waals surface area (Å²) >= 11 is 5.79. The summed E-state index contributed by atoms with van der Waals surface area (Å²) in [7, 11) is 0. The van der Waals surface area contributed by atoms with E-state index < -0.39 is 5.97 Å². The van der Waals surface area contributed by atoms with Crippen LogP contribution in [0.4, 0.5) is 10.1 Å². The minimum absolute atomic E-state index is 0.221. The van der Waals surface area contributed by atoms with Gasteiger partial charge in [0, 0.05) is 23.3 Å². The van der Waals surface area contributed by atoms with Gasteiger partial charge < -0.3 is 19.9 Å². The lowest BCUT2D eigenvalue weighted by Gasteiger charge is -2.28. The van der Waals surface area contributed by atoms with Gasteiger partial charge in [-0.2, -0.15) is 0 Å². The highest BCUT2D eigenvalue weighted by Gasteiger charge is 2.42. The molecule has 0 amide bonds. The number of carbonyl (C=O) groups is 1. The number of pyridine rings is 1. The third kappa shape index (κ3) is 3.93. The normalized spacial score (nSPS) is 17.3. The van der Waals surface area contributed by atoms with Gasteiger partial charge in [0.05, 0.1) is 29.0 Å². The molecule has 0 radical (unpaired) electrons. The molecule has 2 aromatic heterocycles. The van der Waals surface area contributed by atoms with Crippen LogP contribution in [-0.2, 0) is 0 Å². The molecule has 3 heterocycles. The molecule has 1 saturated heterocycles. The number of hydrogen-bond acceptors (Lipinski definition) is 3. The Hall–Kier alpha value is -4.04. The molecule has 6 nitrogen and oxygen atoms in total. The van der Waals surface area contributed by atoms with Gasteiger partial charge in [0.15, 0.2) is 5.11 Å². The Balaban J connectivity index is 1.71. The molecule has 1 fully saturated rings. The Bertz CT molecular complexity index is 1480. The SMILES string of the molecule is Cc1cc(N2C(=S)NC(c3ccccn3)C2c2cc(C)n(-c3ccccc3C(=O)O)c2C)ccc1F. The van der Waals surface area contributed by atoms with Crippen molar-refractivity contribution in [2.24, 2.45) is 0 Å². The number of aromatic carboxylic acids is 1. The third-order valence-electron chi connectivity index (χ3n) is 6.68. The summed E-state index contributed by atoms with van der Waals surface area (Å²) < 4.78 is 16.1. The Morgan fingerprint density at radius 2 is 1.81 bits per heavy atom. The molecule has 36 heavy (non-hydrogen) atoms. The van der Waals surface area contributed by atoms with Gasteiger partial charge in [-0.25, -0.2) is 9.18 Å². The molecule has 0 spiro atoms. The van der Waals surface area contributed by atoms with Crippen LogP contribution >= 0.6 is 12.2 Å². The van der Waals surface area contributed by atoms with Crippen LogP contribution in [0, 0.1) is 26.6 Å². The topological polar surface area (TPSA) is 70.4 Å². The van der Waals surface area contributed by atoms with Crippen molar-refractivity contribution in [3.8, 4) is 5.69 Å². The molecular formula is C28H25FN4O2S. The first-order chi connectivity index (χ1) is 17.3. The first-order valence-electron chi connectivity index (χ1n) is 11.6. The molecule has 5 rings (SSSR count). The quantitative estimate of drug-likeness (QED) is 0.337. The number of anilines is 1. The zero-order valence-electron chi connectivity index (χ0n) is 20.1. The first-order valence-corrected chi connectivity index (χ1v) is 12.0. The van der Waals surface area contributed by atoms with Crippen LogP contribution in [-0.4, -0.2) is 25.7 Å². The van der Waals surface area contributed by atoms with Crippen LogP contribution in [0.25, 0.3) is 5.69 Å². The Morgan fingerprint density at radius 1 is 1.06 bits per heavy atom. The van der Waals surface area contributed by atoms with Crippen LogP contribution in [0.5, 0.6) is 0 Å². The van der Waals surface area contributed by atoms with E-state index in [1.165, 1.54) is 6.07 Å². The molecule has 0 bridgehead atoms. The van der Waals surface area contributed by atoms with Crippen LogP contribution in [0.1, 0.15) is 50.7 Å².